The third-order valence-corrected chi connectivity index (χ3v) is 7.22. The number of tetrazole rings is 1. The van der Waals surface area contributed by atoms with Crippen LogP contribution in [0.3, 0.4) is 0 Å². The molecule has 208 valence electrons. The Morgan fingerprint density at radius 1 is 1.23 bits per heavy atom. The van der Waals surface area contributed by atoms with Crippen LogP contribution in [0.2, 0.25) is 0 Å². The molecule has 3 aromatic rings. The van der Waals surface area contributed by atoms with Gasteiger partial charge in [0.1, 0.15) is 18.0 Å². The molecule has 1 aromatic carbocycles. The molecule has 2 fully saturated rings. The highest BCUT2D eigenvalue weighted by atomic mass is 19.1. The predicted molar refractivity (Wildman–Crippen MR) is 138 cm³/mol. The van der Waals surface area contributed by atoms with Gasteiger partial charge in [-0.3, -0.25) is 9.69 Å². The number of nitrogens with one attached hydrogen (secondary N) is 2. The van der Waals surface area contributed by atoms with E-state index < -0.39 is 17.3 Å². The minimum absolute atomic E-state index is 0.0150. The van der Waals surface area contributed by atoms with E-state index in [1.54, 1.807) is 0 Å². The Labute approximate surface area is 223 Å². The zero-order valence-electron chi connectivity index (χ0n) is 22.2. The van der Waals surface area contributed by atoms with Crippen LogP contribution in [0.15, 0.2) is 23.1 Å². The Balaban J connectivity index is 1.42. The van der Waals surface area contributed by atoms with Crippen LogP contribution in [0.4, 0.5) is 26.2 Å². The van der Waals surface area contributed by atoms with Gasteiger partial charge in [-0.1, -0.05) is 0 Å². The summed E-state index contributed by atoms with van der Waals surface area (Å²) in [6.45, 7) is 6.47. The number of ketones is 1. The van der Waals surface area contributed by atoms with Crippen molar-refractivity contribution in [2.75, 3.05) is 23.8 Å². The first-order chi connectivity index (χ1) is 18.5. The van der Waals surface area contributed by atoms with Gasteiger partial charge in [0.05, 0.1) is 11.9 Å². The van der Waals surface area contributed by atoms with Crippen molar-refractivity contribution in [2.24, 2.45) is 7.05 Å². The highest BCUT2D eigenvalue weighted by Crippen LogP contribution is 2.38. The minimum Gasteiger partial charge on any atom is -0.483 e. The summed E-state index contributed by atoms with van der Waals surface area (Å²) < 4.78 is 37.2. The molecule has 4 heterocycles. The van der Waals surface area contributed by atoms with Gasteiger partial charge in [-0.25, -0.2) is 18.6 Å². The number of hydrogen-bond donors (Lipinski definition) is 2. The fourth-order valence-electron chi connectivity index (χ4n) is 5.53. The van der Waals surface area contributed by atoms with Gasteiger partial charge in [0.25, 0.3) is 0 Å². The molecule has 0 saturated carbocycles. The summed E-state index contributed by atoms with van der Waals surface area (Å²) in [4.78, 5) is 34.7. The quantitative estimate of drug-likeness (QED) is 0.437. The molecule has 0 aliphatic carbocycles. The van der Waals surface area contributed by atoms with Crippen LogP contribution >= 0.6 is 0 Å². The lowest BCUT2D eigenvalue weighted by molar-refractivity contribution is -0.118. The van der Waals surface area contributed by atoms with Crippen molar-refractivity contribution in [1.29, 1.82) is 0 Å². The zero-order valence-corrected chi connectivity index (χ0v) is 22.2. The lowest BCUT2D eigenvalue weighted by Crippen LogP contribution is -2.55. The second-order valence-electron chi connectivity index (χ2n) is 10.7. The second kappa shape index (κ2) is 10.3. The number of hydrogen-bond acceptors (Lipinski definition) is 10. The maximum Gasteiger partial charge on any atom is 0.368 e. The number of fused-ring (bicyclic) bond motifs is 1. The Kier molecular flexibility index (Phi) is 7.05. The Morgan fingerprint density at radius 2 is 2.03 bits per heavy atom. The zero-order chi connectivity index (χ0) is 27.9. The fraction of sp³-hybridized carbons (Fsp3) is 0.520. The number of ether oxygens (including phenoxy) is 1. The lowest BCUT2D eigenvalue weighted by atomic mass is 9.84. The molecule has 2 aliphatic heterocycles. The van der Waals surface area contributed by atoms with Gasteiger partial charge in [0, 0.05) is 30.7 Å². The summed E-state index contributed by atoms with van der Waals surface area (Å²) in [6, 6.07) is 2.73. The molecule has 2 aromatic heterocycles. The molecule has 2 atom stereocenters. The molecule has 0 spiro atoms. The molecule has 0 radical (unpaired) electrons. The first kappa shape index (κ1) is 26.7. The van der Waals surface area contributed by atoms with Crippen molar-refractivity contribution in [3.63, 3.8) is 0 Å². The molecule has 0 amide bonds. The van der Waals surface area contributed by atoms with Gasteiger partial charge >= 0.3 is 5.69 Å². The van der Waals surface area contributed by atoms with Gasteiger partial charge in [0.2, 0.25) is 5.95 Å². The predicted octanol–water partition coefficient (Wildman–Crippen LogP) is 2.56. The summed E-state index contributed by atoms with van der Waals surface area (Å²) in [5.41, 5.74) is -0.702. The highest BCUT2D eigenvalue weighted by molar-refractivity contribution is 5.77. The smallest absolute Gasteiger partial charge is 0.368 e. The lowest BCUT2D eigenvalue weighted by Gasteiger charge is -2.47. The van der Waals surface area contributed by atoms with Crippen LogP contribution < -0.4 is 21.1 Å². The maximum atomic E-state index is 15.1. The van der Waals surface area contributed by atoms with Crippen LogP contribution in [0.25, 0.3) is 5.69 Å². The second-order valence-corrected chi connectivity index (χ2v) is 10.7. The number of halogens is 2. The summed E-state index contributed by atoms with van der Waals surface area (Å²) in [6.07, 6.45) is 4.99. The van der Waals surface area contributed by atoms with Crippen LogP contribution in [-0.4, -0.2) is 71.2 Å². The van der Waals surface area contributed by atoms with Crippen molar-refractivity contribution < 1.29 is 18.3 Å². The van der Waals surface area contributed by atoms with Gasteiger partial charge in [-0.15, -0.1) is 0 Å². The molecule has 0 bridgehead atoms. The Hall–Kier alpha value is -3.94. The summed E-state index contributed by atoms with van der Waals surface area (Å²) in [5.74, 6) is -1.80. The molecule has 14 heteroatoms. The van der Waals surface area contributed by atoms with Crippen molar-refractivity contribution >= 4 is 23.2 Å². The number of nitrogens with zero attached hydrogens (tertiary/aromatic N) is 7. The SMILES string of the molecule is CC(=O)COc1cc(F)c(Nc2ncc(F)c(N[C@@H]3C[C@@H]4CCCN4C(C)(C)C3)n2)cc1-n1nnn(C)c1=O. The fourth-order valence-corrected chi connectivity index (χ4v) is 5.53. The average Bonchev–Trinajstić information content (AvgIpc) is 3.48. The van der Waals surface area contributed by atoms with E-state index in [0.717, 1.165) is 53.9 Å². The average molecular weight is 544 g/mol. The molecule has 2 aliphatic rings. The van der Waals surface area contributed by atoms with E-state index in [4.69, 9.17) is 4.74 Å². The number of Topliss-reactive ketones (excluding diaryl/α,β-unsaturated/α-hetero) is 1. The molecule has 2 saturated heterocycles. The van der Waals surface area contributed by atoms with E-state index >= 15 is 4.39 Å². The largest absolute Gasteiger partial charge is 0.483 e. The van der Waals surface area contributed by atoms with E-state index in [2.05, 4.69) is 49.8 Å². The van der Waals surface area contributed by atoms with E-state index in [1.807, 2.05) is 0 Å². The topological polar surface area (TPSA) is 132 Å². The Morgan fingerprint density at radius 3 is 2.74 bits per heavy atom. The van der Waals surface area contributed by atoms with Crippen molar-refractivity contribution in [3.8, 4) is 11.4 Å². The summed E-state index contributed by atoms with van der Waals surface area (Å²) in [5, 5.41) is 13.4. The highest BCUT2D eigenvalue weighted by Gasteiger charge is 2.43. The van der Waals surface area contributed by atoms with Crippen molar-refractivity contribution in [3.05, 3.63) is 40.4 Å². The number of rotatable bonds is 8. The van der Waals surface area contributed by atoms with E-state index in [-0.39, 0.29) is 52.9 Å². The van der Waals surface area contributed by atoms with Crippen molar-refractivity contribution in [2.45, 2.75) is 64.1 Å². The number of carbonyl (C=O) groups excluding carboxylic acids is 1. The van der Waals surface area contributed by atoms with Gasteiger partial charge in [0.15, 0.2) is 23.2 Å². The van der Waals surface area contributed by atoms with Crippen LogP contribution in [0.5, 0.6) is 5.75 Å². The maximum absolute atomic E-state index is 15.1. The molecular weight excluding hydrogens is 512 g/mol. The van der Waals surface area contributed by atoms with E-state index in [1.165, 1.54) is 20.0 Å². The standard InChI is InChI=1S/C25H31F2N9O3/c1-14(37)13-39-21-9-17(26)19(10-20(21)36-24(38)34(4)32-33-36)30-23-28-12-18(27)22(31-23)29-15-8-16-6-5-7-35(16)25(2,3)11-15/h9-10,12,15-16H,5-8,11,13H2,1-4H3,(H2,28,29,30,31)/t15-,16+/m1/s1. The van der Waals surface area contributed by atoms with Crippen LogP contribution in [0.1, 0.15) is 46.5 Å². The first-order valence-corrected chi connectivity index (χ1v) is 12.8. The molecule has 0 unspecified atom stereocenters. The van der Waals surface area contributed by atoms with E-state index in [0.29, 0.717) is 6.04 Å². The summed E-state index contributed by atoms with van der Waals surface area (Å²) >= 11 is 0. The first-order valence-electron chi connectivity index (χ1n) is 12.8. The third-order valence-electron chi connectivity index (χ3n) is 7.22. The number of anilines is 3. The molecule has 39 heavy (non-hydrogen) atoms. The Bertz CT molecular complexity index is 1460. The molecule has 5 rings (SSSR count). The van der Waals surface area contributed by atoms with Crippen LogP contribution in [-0.2, 0) is 11.8 Å². The molecular formula is C25H31F2N9O3. The monoisotopic (exact) mass is 543 g/mol. The number of aryl methyl sites for hydroxylation is 1. The number of carbonyl (C=O) groups is 1. The van der Waals surface area contributed by atoms with Gasteiger partial charge in [-0.05, 0) is 69.5 Å². The number of benzene rings is 1. The minimum atomic E-state index is -0.771. The number of aromatic nitrogens is 6. The molecule has 12 nitrogen and oxygen atoms in total. The van der Waals surface area contributed by atoms with Crippen LogP contribution in [0, 0.1) is 11.6 Å². The third kappa shape index (κ3) is 5.46. The van der Waals surface area contributed by atoms with Gasteiger partial charge in [-0.2, -0.15) is 14.3 Å². The number of piperidine rings is 1. The normalized spacial score (nSPS) is 20.5. The molecule has 2 N–H and O–H groups in total. The van der Waals surface area contributed by atoms with Gasteiger partial charge < -0.3 is 15.4 Å². The van der Waals surface area contributed by atoms with E-state index in [9.17, 15) is 14.0 Å². The summed E-state index contributed by atoms with van der Waals surface area (Å²) in [7, 11) is 1.41. The van der Waals surface area contributed by atoms with Crippen molar-refractivity contribution in [1.82, 2.24) is 34.7 Å².